The molecule has 23 heavy (non-hydrogen) atoms. The van der Waals surface area contributed by atoms with E-state index in [9.17, 15) is 4.79 Å². The van der Waals surface area contributed by atoms with Crippen molar-refractivity contribution >= 4 is 29.1 Å². The number of anilines is 1. The molecule has 0 aliphatic heterocycles. The molecule has 1 amide bonds. The van der Waals surface area contributed by atoms with Crippen LogP contribution in [0.3, 0.4) is 0 Å². The summed E-state index contributed by atoms with van der Waals surface area (Å²) >= 11 is 1.29. The quantitative estimate of drug-likeness (QED) is 0.325. The van der Waals surface area contributed by atoms with Gasteiger partial charge in [0.1, 0.15) is 0 Å². The molecule has 0 saturated carbocycles. The van der Waals surface area contributed by atoms with E-state index in [-0.39, 0.29) is 11.7 Å². The predicted octanol–water partition coefficient (Wildman–Crippen LogP) is 2.06. The van der Waals surface area contributed by atoms with Crippen LogP contribution in [0.25, 0.3) is 5.70 Å². The van der Waals surface area contributed by atoms with Crippen LogP contribution in [0.15, 0.2) is 42.1 Å². The van der Waals surface area contributed by atoms with E-state index >= 15 is 0 Å². The van der Waals surface area contributed by atoms with Gasteiger partial charge in [0.05, 0.1) is 11.4 Å². The molecular weight excluding hydrogens is 310 g/mol. The largest absolute Gasteiger partial charge is 0.399 e. The summed E-state index contributed by atoms with van der Waals surface area (Å²) in [7, 11) is 0. The van der Waals surface area contributed by atoms with Gasteiger partial charge in [0.15, 0.2) is 5.16 Å². The third kappa shape index (κ3) is 5.30. The average molecular weight is 329 g/mol. The van der Waals surface area contributed by atoms with Crippen LogP contribution in [-0.4, -0.2) is 21.6 Å². The molecule has 0 bridgehead atoms. The fraction of sp³-hybridized carbons (Fsp3) is 0.188. The molecule has 0 aliphatic rings. The number of hydrazine groups is 1. The molecular formula is C16H19N5OS. The summed E-state index contributed by atoms with van der Waals surface area (Å²) < 4.78 is 0. The zero-order valence-electron chi connectivity index (χ0n) is 13.1. The molecule has 0 saturated heterocycles. The van der Waals surface area contributed by atoms with Crippen LogP contribution in [-0.2, 0) is 4.79 Å². The van der Waals surface area contributed by atoms with Gasteiger partial charge in [-0.15, -0.1) is 0 Å². The lowest BCUT2D eigenvalue weighted by molar-refractivity contribution is -0.119. The number of nitrogens with two attached hydrogens (primary N) is 1. The van der Waals surface area contributed by atoms with Gasteiger partial charge in [0.2, 0.25) is 5.91 Å². The van der Waals surface area contributed by atoms with Gasteiger partial charge < -0.3 is 5.73 Å². The van der Waals surface area contributed by atoms with Gasteiger partial charge in [-0.2, -0.15) is 0 Å². The molecule has 0 aliphatic carbocycles. The zero-order chi connectivity index (χ0) is 16.8. The summed E-state index contributed by atoms with van der Waals surface area (Å²) in [6, 6.07) is 9.10. The predicted molar refractivity (Wildman–Crippen MR) is 93.4 cm³/mol. The van der Waals surface area contributed by atoms with Gasteiger partial charge in [-0.3, -0.25) is 15.6 Å². The SMILES string of the molecule is C=C(NNC(=O)CSc1nc(C)cc(C)n1)c1ccc(N)cc1. The van der Waals surface area contributed by atoms with Crippen molar-refractivity contribution in [2.24, 2.45) is 0 Å². The Kier molecular flexibility index (Phi) is 5.59. The molecule has 120 valence electrons. The minimum Gasteiger partial charge on any atom is -0.399 e. The number of hydrogen-bond acceptors (Lipinski definition) is 6. The van der Waals surface area contributed by atoms with Crippen LogP contribution in [0.1, 0.15) is 17.0 Å². The van der Waals surface area contributed by atoms with Crippen LogP contribution in [0.5, 0.6) is 0 Å². The van der Waals surface area contributed by atoms with E-state index in [0.717, 1.165) is 17.0 Å². The Labute approximate surface area is 139 Å². The van der Waals surface area contributed by atoms with Crippen molar-refractivity contribution in [1.82, 2.24) is 20.8 Å². The third-order valence-electron chi connectivity index (χ3n) is 2.91. The topological polar surface area (TPSA) is 92.9 Å². The molecule has 0 atom stereocenters. The number of nitrogens with one attached hydrogen (secondary N) is 2. The molecule has 1 aromatic carbocycles. The van der Waals surface area contributed by atoms with Crippen molar-refractivity contribution in [3.8, 4) is 0 Å². The molecule has 6 nitrogen and oxygen atoms in total. The number of benzene rings is 1. The molecule has 0 radical (unpaired) electrons. The number of thioether (sulfide) groups is 1. The van der Waals surface area contributed by atoms with Crippen LogP contribution < -0.4 is 16.6 Å². The first kappa shape index (κ1) is 16.8. The third-order valence-corrected chi connectivity index (χ3v) is 3.75. The first-order chi connectivity index (χ1) is 10.9. The number of aryl methyl sites for hydroxylation is 2. The lowest BCUT2D eigenvalue weighted by Gasteiger charge is -2.11. The van der Waals surface area contributed by atoms with Crippen molar-refractivity contribution in [3.63, 3.8) is 0 Å². The van der Waals surface area contributed by atoms with Crippen molar-refractivity contribution in [2.75, 3.05) is 11.5 Å². The maximum atomic E-state index is 11.9. The van der Waals surface area contributed by atoms with E-state index in [4.69, 9.17) is 5.73 Å². The number of nitrogens with zero attached hydrogens (tertiary/aromatic N) is 2. The minimum atomic E-state index is -0.186. The van der Waals surface area contributed by atoms with Crippen molar-refractivity contribution < 1.29 is 4.79 Å². The molecule has 1 aromatic heterocycles. The fourth-order valence-corrected chi connectivity index (χ4v) is 2.58. The van der Waals surface area contributed by atoms with Gasteiger partial charge in [0.25, 0.3) is 0 Å². The first-order valence-electron chi connectivity index (χ1n) is 6.99. The summed E-state index contributed by atoms with van der Waals surface area (Å²) in [6.45, 7) is 7.67. The molecule has 0 spiro atoms. The van der Waals surface area contributed by atoms with Crippen LogP contribution in [0.4, 0.5) is 5.69 Å². The Morgan fingerprint density at radius 1 is 1.17 bits per heavy atom. The number of aromatic nitrogens is 2. The molecule has 1 heterocycles. The van der Waals surface area contributed by atoms with E-state index in [1.165, 1.54) is 11.8 Å². The van der Waals surface area contributed by atoms with Gasteiger partial charge in [-0.05, 0) is 37.6 Å². The maximum Gasteiger partial charge on any atom is 0.248 e. The highest BCUT2D eigenvalue weighted by Crippen LogP contribution is 2.14. The van der Waals surface area contributed by atoms with E-state index < -0.39 is 0 Å². The highest BCUT2D eigenvalue weighted by molar-refractivity contribution is 7.99. The van der Waals surface area contributed by atoms with Crippen molar-refractivity contribution in [2.45, 2.75) is 19.0 Å². The highest BCUT2D eigenvalue weighted by atomic mass is 32.2. The summed E-state index contributed by atoms with van der Waals surface area (Å²) in [6.07, 6.45) is 0. The fourth-order valence-electron chi connectivity index (χ4n) is 1.83. The number of rotatable bonds is 6. The zero-order valence-corrected chi connectivity index (χ0v) is 13.9. The van der Waals surface area contributed by atoms with Gasteiger partial charge >= 0.3 is 0 Å². The molecule has 4 N–H and O–H groups in total. The number of carbonyl (C=O) groups is 1. The average Bonchev–Trinajstić information content (AvgIpc) is 2.50. The monoisotopic (exact) mass is 329 g/mol. The molecule has 7 heteroatoms. The summed E-state index contributed by atoms with van der Waals surface area (Å²) in [5, 5.41) is 0.593. The maximum absolute atomic E-state index is 11.9. The second kappa shape index (κ2) is 7.64. The number of amides is 1. The summed E-state index contributed by atoms with van der Waals surface area (Å²) in [5.41, 5.74) is 14.9. The normalized spacial score (nSPS) is 10.2. The van der Waals surface area contributed by atoms with Gasteiger partial charge in [-0.25, -0.2) is 9.97 Å². The van der Waals surface area contributed by atoms with Crippen LogP contribution in [0.2, 0.25) is 0 Å². The minimum absolute atomic E-state index is 0.186. The number of carbonyl (C=O) groups excluding carboxylic acids is 1. The lowest BCUT2D eigenvalue weighted by atomic mass is 10.2. The summed E-state index contributed by atoms with van der Waals surface area (Å²) in [4.78, 5) is 20.4. The Bertz CT molecular complexity index is 695. The Hall–Kier alpha value is -2.54. The van der Waals surface area contributed by atoms with E-state index in [2.05, 4.69) is 27.4 Å². The Balaban J connectivity index is 1.80. The smallest absolute Gasteiger partial charge is 0.248 e. The van der Waals surface area contributed by atoms with Crippen molar-refractivity contribution in [1.29, 1.82) is 0 Å². The van der Waals surface area contributed by atoms with Crippen LogP contribution >= 0.6 is 11.8 Å². The number of nitrogen functional groups attached to an aromatic ring is 1. The van der Waals surface area contributed by atoms with E-state index in [1.807, 2.05) is 32.0 Å². The molecule has 2 aromatic rings. The molecule has 0 unspecified atom stereocenters. The first-order valence-corrected chi connectivity index (χ1v) is 7.97. The molecule has 0 fully saturated rings. The van der Waals surface area contributed by atoms with E-state index in [0.29, 0.717) is 16.5 Å². The lowest BCUT2D eigenvalue weighted by Crippen LogP contribution is -2.37. The van der Waals surface area contributed by atoms with Crippen LogP contribution in [0, 0.1) is 13.8 Å². The second-order valence-electron chi connectivity index (χ2n) is 5.00. The Morgan fingerprint density at radius 3 is 2.39 bits per heavy atom. The van der Waals surface area contributed by atoms with Gasteiger partial charge in [-0.1, -0.05) is 30.5 Å². The second-order valence-corrected chi connectivity index (χ2v) is 5.94. The Morgan fingerprint density at radius 2 is 1.78 bits per heavy atom. The molecule has 2 rings (SSSR count). The highest BCUT2D eigenvalue weighted by Gasteiger charge is 2.06. The summed E-state index contributed by atoms with van der Waals surface area (Å²) in [5.74, 6) is 0.0274. The van der Waals surface area contributed by atoms with Gasteiger partial charge in [0, 0.05) is 17.1 Å². The number of hydrogen-bond donors (Lipinski definition) is 3. The standard InChI is InChI=1S/C16H19N5OS/c1-10-8-11(2)19-16(18-10)23-9-15(22)21-20-12(3)13-4-6-14(17)7-5-13/h4-8,20H,3,9,17H2,1-2H3,(H,21,22). The van der Waals surface area contributed by atoms with E-state index in [1.54, 1.807) is 12.1 Å². The van der Waals surface area contributed by atoms with Crippen molar-refractivity contribution in [3.05, 3.63) is 53.9 Å².